The van der Waals surface area contributed by atoms with Gasteiger partial charge in [0.15, 0.2) is 0 Å². The Morgan fingerprint density at radius 3 is 2.50 bits per heavy atom. The highest BCUT2D eigenvalue weighted by Crippen LogP contribution is 2.11. The lowest BCUT2D eigenvalue weighted by Crippen LogP contribution is -2.14. The van der Waals surface area contributed by atoms with Crippen molar-refractivity contribution in [1.82, 2.24) is 0 Å². The summed E-state index contributed by atoms with van der Waals surface area (Å²) in [5.41, 5.74) is 7.38. The first-order chi connectivity index (χ1) is 9.69. The van der Waals surface area contributed by atoms with Crippen molar-refractivity contribution in [3.63, 3.8) is 0 Å². The number of ether oxygens (including phenoxy) is 1. The lowest BCUT2D eigenvalue weighted by molar-refractivity contribution is 0.154. The van der Waals surface area contributed by atoms with E-state index in [0.29, 0.717) is 17.8 Å². The molecule has 0 aliphatic carbocycles. The minimum absolute atomic E-state index is 0.112. The van der Waals surface area contributed by atoms with Gasteiger partial charge in [-0.05, 0) is 23.8 Å². The Kier molecular flexibility index (Phi) is 4.68. The summed E-state index contributed by atoms with van der Waals surface area (Å²) in [4.78, 5) is 11.6. The van der Waals surface area contributed by atoms with Crippen LogP contribution in [-0.4, -0.2) is 6.09 Å². The van der Waals surface area contributed by atoms with Crippen molar-refractivity contribution < 1.29 is 13.9 Å². The number of carbonyl (C=O) groups excluding carboxylic acids is 1. The third kappa shape index (κ3) is 3.80. The molecule has 0 bridgehead atoms. The summed E-state index contributed by atoms with van der Waals surface area (Å²) >= 11 is 0. The van der Waals surface area contributed by atoms with Crippen LogP contribution in [0.15, 0.2) is 48.5 Å². The van der Waals surface area contributed by atoms with E-state index in [1.165, 1.54) is 6.07 Å². The van der Waals surface area contributed by atoms with Gasteiger partial charge in [-0.3, -0.25) is 5.32 Å². The summed E-state index contributed by atoms with van der Waals surface area (Å²) in [5.74, 6) is -0.396. The van der Waals surface area contributed by atoms with E-state index < -0.39 is 11.9 Å². The van der Waals surface area contributed by atoms with Gasteiger partial charge >= 0.3 is 6.09 Å². The number of halogens is 1. The fourth-order valence-electron chi connectivity index (χ4n) is 1.64. The third-order valence-corrected chi connectivity index (χ3v) is 2.75. The summed E-state index contributed by atoms with van der Waals surface area (Å²) in [6, 6.07) is 13.2. The first kappa shape index (κ1) is 14.0. The summed E-state index contributed by atoms with van der Waals surface area (Å²) in [6.45, 7) is 0.331. The Morgan fingerprint density at radius 2 is 1.85 bits per heavy atom. The van der Waals surface area contributed by atoms with Gasteiger partial charge in [-0.25, -0.2) is 9.18 Å². The molecule has 0 heterocycles. The zero-order valence-corrected chi connectivity index (χ0v) is 10.8. The number of nitrogens with one attached hydrogen (secondary N) is 1. The fourth-order valence-corrected chi connectivity index (χ4v) is 1.64. The van der Waals surface area contributed by atoms with Crippen LogP contribution in [0.3, 0.4) is 0 Å². The van der Waals surface area contributed by atoms with E-state index in [0.717, 1.165) is 5.56 Å². The number of hydrogen-bond acceptors (Lipinski definition) is 3. The van der Waals surface area contributed by atoms with Crippen LogP contribution in [0, 0.1) is 5.82 Å². The number of anilines is 1. The van der Waals surface area contributed by atoms with Crippen LogP contribution in [0.25, 0.3) is 0 Å². The molecule has 0 spiro atoms. The predicted octanol–water partition coefficient (Wildman–Crippen LogP) is 3.03. The van der Waals surface area contributed by atoms with Crippen molar-refractivity contribution >= 4 is 11.8 Å². The first-order valence-corrected chi connectivity index (χ1v) is 6.15. The highest BCUT2D eigenvalue weighted by molar-refractivity contribution is 5.84. The van der Waals surface area contributed by atoms with Crippen LogP contribution in [0.4, 0.5) is 14.9 Å². The number of benzene rings is 2. The van der Waals surface area contributed by atoms with Crippen molar-refractivity contribution in [3.05, 3.63) is 65.5 Å². The van der Waals surface area contributed by atoms with Crippen molar-refractivity contribution in [1.29, 1.82) is 0 Å². The van der Waals surface area contributed by atoms with Gasteiger partial charge in [-0.15, -0.1) is 0 Å². The molecule has 104 valence electrons. The Labute approximate surface area is 116 Å². The molecule has 1 amide bonds. The maximum absolute atomic E-state index is 13.3. The third-order valence-electron chi connectivity index (χ3n) is 2.75. The molecule has 2 rings (SSSR count). The molecule has 2 aromatic carbocycles. The zero-order chi connectivity index (χ0) is 14.4. The fraction of sp³-hybridized carbons (Fsp3) is 0.133. The summed E-state index contributed by atoms with van der Waals surface area (Å²) in [6.07, 6.45) is -0.631. The summed E-state index contributed by atoms with van der Waals surface area (Å²) in [5, 5.41) is 2.56. The maximum atomic E-state index is 13.3. The SMILES string of the molecule is NCc1ccc(NC(=O)OCc2ccccc2F)cc1. The molecule has 20 heavy (non-hydrogen) atoms. The van der Waals surface area contributed by atoms with E-state index in [1.807, 2.05) is 12.1 Å². The van der Waals surface area contributed by atoms with Crippen molar-refractivity contribution in [2.75, 3.05) is 5.32 Å². The molecule has 4 nitrogen and oxygen atoms in total. The van der Waals surface area contributed by atoms with Crippen molar-refractivity contribution in [2.45, 2.75) is 13.2 Å². The molecule has 3 N–H and O–H groups in total. The van der Waals surface area contributed by atoms with Gasteiger partial charge in [0.2, 0.25) is 0 Å². The average molecular weight is 274 g/mol. The smallest absolute Gasteiger partial charge is 0.411 e. The van der Waals surface area contributed by atoms with Crippen molar-refractivity contribution in [2.24, 2.45) is 5.73 Å². The molecule has 0 saturated carbocycles. The van der Waals surface area contributed by atoms with E-state index in [4.69, 9.17) is 10.5 Å². The van der Waals surface area contributed by atoms with Gasteiger partial charge in [0.05, 0.1) is 0 Å². The minimum Gasteiger partial charge on any atom is -0.444 e. The number of hydrogen-bond donors (Lipinski definition) is 2. The van der Waals surface area contributed by atoms with E-state index in [9.17, 15) is 9.18 Å². The highest BCUT2D eigenvalue weighted by atomic mass is 19.1. The molecule has 5 heteroatoms. The van der Waals surface area contributed by atoms with E-state index >= 15 is 0 Å². The van der Waals surface area contributed by atoms with Gasteiger partial charge in [-0.2, -0.15) is 0 Å². The number of carbonyl (C=O) groups is 1. The molecular weight excluding hydrogens is 259 g/mol. The normalized spacial score (nSPS) is 10.1. The molecule has 0 atom stereocenters. The predicted molar refractivity (Wildman–Crippen MR) is 74.5 cm³/mol. The Hall–Kier alpha value is -2.40. The second kappa shape index (κ2) is 6.68. The standard InChI is InChI=1S/C15H15FN2O2/c16-14-4-2-1-3-12(14)10-20-15(19)18-13-7-5-11(9-17)6-8-13/h1-8H,9-10,17H2,(H,18,19). The van der Waals surface area contributed by atoms with Crippen LogP contribution in [0.5, 0.6) is 0 Å². The highest BCUT2D eigenvalue weighted by Gasteiger charge is 2.06. The second-order valence-electron chi connectivity index (χ2n) is 4.19. The molecule has 0 aliphatic rings. The zero-order valence-electron chi connectivity index (χ0n) is 10.8. The molecular formula is C15H15FN2O2. The lowest BCUT2D eigenvalue weighted by atomic mass is 10.2. The lowest BCUT2D eigenvalue weighted by Gasteiger charge is -2.08. The summed E-state index contributed by atoms with van der Waals surface area (Å²) < 4.78 is 18.3. The van der Waals surface area contributed by atoms with Crippen molar-refractivity contribution in [3.8, 4) is 0 Å². The number of amides is 1. The largest absolute Gasteiger partial charge is 0.444 e. The first-order valence-electron chi connectivity index (χ1n) is 6.15. The number of rotatable bonds is 4. The van der Waals surface area contributed by atoms with E-state index in [-0.39, 0.29) is 6.61 Å². The van der Waals surface area contributed by atoms with E-state index in [1.54, 1.807) is 30.3 Å². The molecule has 0 saturated heterocycles. The molecule has 0 aliphatic heterocycles. The molecule has 2 aromatic rings. The van der Waals surface area contributed by atoms with Gasteiger partial charge in [0.25, 0.3) is 0 Å². The molecule has 0 aromatic heterocycles. The minimum atomic E-state index is -0.631. The topological polar surface area (TPSA) is 64.3 Å². The number of nitrogens with two attached hydrogens (primary N) is 1. The molecule has 0 fully saturated rings. The van der Waals surface area contributed by atoms with Gasteiger partial charge in [0, 0.05) is 17.8 Å². The second-order valence-corrected chi connectivity index (χ2v) is 4.19. The molecule has 0 radical (unpaired) electrons. The van der Waals surface area contributed by atoms with Gasteiger partial charge < -0.3 is 10.5 Å². The van der Waals surface area contributed by atoms with Crippen LogP contribution in [0.1, 0.15) is 11.1 Å². The van der Waals surface area contributed by atoms with Gasteiger partial charge in [-0.1, -0.05) is 30.3 Å². The van der Waals surface area contributed by atoms with Gasteiger partial charge in [0.1, 0.15) is 12.4 Å². The Bertz CT molecular complexity index is 585. The van der Waals surface area contributed by atoms with Crippen LogP contribution >= 0.6 is 0 Å². The summed E-state index contributed by atoms with van der Waals surface area (Å²) in [7, 11) is 0. The van der Waals surface area contributed by atoms with Crippen LogP contribution < -0.4 is 11.1 Å². The van der Waals surface area contributed by atoms with Crippen LogP contribution in [-0.2, 0) is 17.9 Å². The maximum Gasteiger partial charge on any atom is 0.411 e. The Morgan fingerprint density at radius 1 is 1.15 bits per heavy atom. The monoisotopic (exact) mass is 274 g/mol. The van der Waals surface area contributed by atoms with E-state index in [2.05, 4.69) is 5.32 Å². The Balaban J connectivity index is 1.87. The average Bonchev–Trinajstić information content (AvgIpc) is 2.47. The van der Waals surface area contributed by atoms with Crippen LogP contribution in [0.2, 0.25) is 0 Å². The quantitative estimate of drug-likeness (QED) is 0.900. The molecule has 0 unspecified atom stereocenters.